The summed E-state index contributed by atoms with van der Waals surface area (Å²) in [5.74, 6) is 7.33. The first-order valence-corrected chi connectivity index (χ1v) is 12.4. The molecule has 0 radical (unpaired) electrons. The van der Waals surface area contributed by atoms with E-state index in [9.17, 15) is 5.26 Å². The van der Waals surface area contributed by atoms with Crippen LogP contribution in [-0.2, 0) is 0 Å². The fourth-order valence-corrected chi connectivity index (χ4v) is 10.8. The van der Waals surface area contributed by atoms with Crippen molar-refractivity contribution in [2.45, 2.75) is 62.9 Å². The third-order valence-corrected chi connectivity index (χ3v) is 12.1. The Morgan fingerprint density at radius 2 is 1.92 bits per heavy atom. The van der Waals surface area contributed by atoms with Crippen molar-refractivity contribution in [3.05, 3.63) is 11.6 Å². The van der Waals surface area contributed by atoms with Gasteiger partial charge < -0.3 is 0 Å². The molecule has 136 valence electrons. The van der Waals surface area contributed by atoms with Crippen molar-refractivity contribution >= 4 is 23.5 Å². The highest BCUT2D eigenvalue weighted by atomic mass is 32.2. The van der Waals surface area contributed by atoms with Crippen LogP contribution in [0.3, 0.4) is 0 Å². The topological polar surface area (TPSA) is 23.8 Å². The predicted octanol–water partition coefficient (Wildman–Crippen LogP) is 6.12. The maximum absolute atomic E-state index is 9.67. The highest BCUT2D eigenvalue weighted by molar-refractivity contribution is 8.21. The predicted molar refractivity (Wildman–Crippen MR) is 108 cm³/mol. The van der Waals surface area contributed by atoms with Gasteiger partial charge in [0.05, 0.1) is 16.1 Å². The summed E-state index contributed by atoms with van der Waals surface area (Å²) < 4.78 is 0.445. The lowest BCUT2D eigenvalue weighted by molar-refractivity contribution is -0.0385. The normalized spacial score (nSPS) is 50.5. The van der Waals surface area contributed by atoms with E-state index in [0.29, 0.717) is 15.4 Å². The lowest BCUT2D eigenvalue weighted by Gasteiger charge is -2.56. The van der Waals surface area contributed by atoms with Gasteiger partial charge in [-0.3, -0.25) is 0 Å². The van der Waals surface area contributed by atoms with E-state index in [-0.39, 0.29) is 0 Å². The molecule has 3 saturated carbocycles. The van der Waals surface area contributed by atoms with Gasteiger partial charge in [-0.25, -0.2) is 0 Å². The third-order valence-electron chi connectivity index (χ3n) is 8.73. The third kappa shape index (κ3) is 2.42. The zero-order valence-corrected chi connectivity index (χ0v) is 17.3. The number of nitriles is 1. The van der Waals surface area contributed by atoms with Gasteiger partial charge in [0.2, 0.25) is 0 Å². The second-order valence-electron chi connectivity index (χ2n) is 9.71. The van der Waals surface area contributed by atoms with Crippen LogP contribution in [0.2, 0.25) is 0 Å². The van der Waals surface area contributed by atoms with Crippen molar-refractivity contribution in [1.82, 2.24) is 0 Å². The lowest BCUT2D eigenvalue weighted by atomic mass is 9.49. The highest BCUT2D eigenvalue weighted by Gasteiger charge is 2.58. The van der Waals surface area contributed by atoms with Crippen LogP contribution in [0.4, 0.5) is 0 Å². The number of hydrogen-bond acceptors (Lipinski definition) is 3. The number of allylic oxidation sites excluding steroid dienone is 1. The average Bonchev–Trinajstić information content (AvgIpc) is 3.18. The van der Waals surface area contributed by atoms with E-state index in [1.54, 1.807) is 0 Å². The van der Waals surface area contributed by atoms with Gasteiger partial charge in [0.1, 0.15) is 0 Å². The molecule has 0 amide bonds. The number of nitrogens with zero attached hydrogens (tertiary/aromatic N) is 1. The SMILES string of the molecule is C[C@@H]1CC2=CC3(CC[C@@H]2[C@H]2CC[C@]4(C)[C@@H](C#N)CC[C@H]4[C@@H]21)SCCS3. The average molecular weight is 374 g/mol. The zero-order chi connectivity index (χ0) is 17.2. The Balaban J connectivity index is 1.46. The quantitative estimate of drug-likeness (QED) is 0.478. The number of fused-ring (bicyclic) bond motifs is 5. The van der Waals surface area contributed by atoms with E-state index in [1.807, 2.05) is 5.57 Å². The van der Waals surface area contributed by atoms with Crippen LogP contribution in [0.5, 0.6) is 0 Å². The van der Waals surface area contributed by atoms with E-state index in [2.05, 4.69) is 49.5 Å². The molecule has 5 rings (SSSR count). The molecule has 5 aliphatic rings. The molecule has 25 heavy (non-hydrogen) atoms. The molecule has 4 aliphatic carbocycles. The Morgan fingerprint density at radius 1 is 1.12 bits per heavy atom. The number of thioether (sulfide) groups is 2. The van der Waals surface area contributed by atoms with Gasteiger partial charge in [0, 0.05) is 11.5 Å². The van der Waals surface area contributed by atoms with Crippen LogP contribution in [-0.4, -0.2) is 15.6 Å². The molecule has 0 bridgehead atoms. The lowest BCUT2D eigenvalue weighted by Crippen LogP contribution is -2.49. The molecular formula is C22H31NS2. The summed E-state index contributed by atoms with van der Waals surface area (Å²) in [7, 11) is 0. The van der Waals surface area contributed by atoms with Crippen LogP contribution in [0.25, 0.3) is 0 Å². The fourth-order valence-electron chi connectivity index (χ4n) is 7.63. The monoisotopic (exact) mass is 373 g/mol. The first-order valence-electron chi connectivity index (χ1n) is 10.5. The van der Waals surface area contributed by atoms with Crippen molar-refractivity contribution in [3.63, 3.8) is 0 Å². The van der Waals surface area contributed by atoms with E-state index >= 15 is 0 Å². The molecule has 4 fully saturated rings. The molecule has 1 heterocycles. The van der Waals surface area contributed by atoms with Crippen LogP contribution < -0.4 is 0 Å². The molecule has 1 saturated heterocycles. The summed E-state index contributed by atoms with van der Waals surface area (Å²) >= 11 is 4.44. The fraction of sp³-hybridized carbons (Fsp3) is 0.864. The van der Waals surface area contributed by atoms with Gasteiger partial charge >= 0.3 is 0 Å². The summed E-state index contributed by atoms with van der Waals surface area (Å²) in [6, 6.07) is 2.69. The van der Waals surface area contributed by atoms with Gasteiger partial charge in [-0.2, -0.15) is 5.26 Å². The van der Waals surface area contributed by atoms with Crippen molar-refractivity contribution in [2.24, 2.45) is 40.9 Å². The van der Waals surface area contributed by atoms with E-state index in [4.69, 9.17) is 0 Å². The van der Waals surface area contributed by atoms with Crippen LogP contribution >= 0.6 is 23.5 Å². The molecule has 0 aromatic carbocycles. The Morgan fingerprint density at radius 3 is 2.68 bits per heavy atom. The van der Waals surface area contributed by atoms with Crippen LogP contribution in [0, 0.1) is 52.3 Å². The first kappa shape index (κ1) is 17.1. The summed E-state index contributed by atoms with van der Waals surface area (Å²) in [4.78, 5) is 0. The van der Waals surface area contributed by atoms with Gasteiger partial charge in [0.25, 0.3) is 0 Å². The van der Waals surface area contributed by atoms with Crippen molar-refractivity contribution in [3.8, 4) is 6.07 Å². The van der Waals surface area contributed by atoms with Crippen molar-refractivity contribution in [2.75, 3.05) is 11.5 Å². The second-order valence-corrected chi connectivity index (χ2v) is 12.8. The molecule has 0 N–H and O–H groups in total. The summed E-state index contributed by atoms with van der Waals surface area (Å²) in [5, 5.41) is 9.67. The van der Waals surface area contributed by atoms with Gasteiger partial charge in [-0.15, -0.1) is 23.5 Å². The minimum absolute atomic E-state index is 0.318. The van der Waals surface area contributed by atoms with E-state index < -0.39 is 0 Å². The largest absolute Gasteiger partial charge is 0.198 e. The van der Waals surface area contributed by atoms with Gasteiger partial charge in [-0.1, -0.05) is 25.5 Å². The highest BCUT2D eigenvalue weighted by Crippen LogP contribution is 2.66. The van der Waals surface area contributed by atoms with E-state index in [1.165, 1.54) is 50.0 Å². The Kier molecular flexibility index (Phi) is 4.07. The Hall–Kier alpha value is -0.0700. The van der Waals surface area contributed by atoms with Crippen molar-refractivity contribution < 1.29 is 0 Å². The number of hydrogen-bond donors (Lipinski definition) is 0. The maximum Gasteiger partial charge on any atom is 0.0794 e. The second kappa shape index (κ2) is 5.96. The molecule has 0 aromatic heterocycles. The molecule has 3 heteroatoms. The molecule has 1 aliphatic heterocycles. The molecule has 0 unspecified atom stereocenters. The first-order chi connectivity index (χ1) is 12.1. The van der Waals surface area contributed by atoms with Gasteiger partial charge in [0.15, 0.2) is 0 Å². The van der Waals surface area contributed by atoms with Gasteiger partial charge in [-0.05, 0) is 80.0 Å². The molecule has 0 aromatic rings. The summed E-state index contributed by atoms with van der Waals surface area (Å²) in [6.07, 6.45) is 12.1. The number of rotatable bonds is 0. The van der Waals surface area contributed by atoms with E-state index in [0.717, 1.165) is 36.0 Å². The molecule has 1 spiro atoms. The molecule has 1 nitrogen and oxygen atoms in total. The Labute approximate surface area is 161 Å². The standard InChI is InChI=1S/C22H31NS2/c1-14-11-15-12-22(24-9-10-25-22)8-6-17(15)18-5-7-21(2)16(13-23)3-4-19(21)20(14)18/h12,14,16-20H,3-11H2,1-2H3/t14-,16-,17+,18-,19+,20-,21-/m1/s1. The van der Waals surface area contributed by atoms with Crippen LogP contribution in [0.15, 0.2) is 11.6 Å². The molecule has 7 atom stereocenters. The summed E-state index contributed by atoms with van der Waals surface area (Å²) in [6.45, 7) is 5.00. The van der Waals surface area contributed by atoms with Crippen molar-refractivity contribution in [1.29, 1.82) is 5.26 Å². The Bertz CT molecular complexity index is 628. The molecular weight excluding hydrogens is 342 g/mol. The summed E-state index contributed by atoms with van der Waals surface area (Å²) in [5.41, 5.74) is 2.15. The zero-order valence-electron chi connectivity index (χ0n) is 15.7. The smallest absolute Gasteiger partial charge is 0.0794 e. The maximum atomic E-state index is 9.67. The minimum Gasteiger partial charge on any atom is -0.198 e. The minimum atomic E-state index is 0.318. The van der Waals surface area contributed by atoms with Crippen LogP contribution in [0.1, 0.15) is 58.8 Å².